The third kappa shape index (κ3) is 0.851. The fourth-order valence-corrected chi connectivity index (χ4v) is 1.34. The topological polar surface area (TPSA) is 29.5 Å². The van der Waals surface area contributed by atoms with Crippen molar-refractivity contribution in [2.45, 2.75) is 0 Å². The van der Waals surface area contributed by atoms with Crippen molar-refractivity contribution in [2.24, 2.45) is 0 Å². The van der Waals surface area contributed by atoms with Crippen molar-refractivity contribution < 1.29 is 0 Å². The Morgan fingerprint density at radius 1 is 1.27 bits per heavy atom. The third-order valence-electron chi connectivity index (χ3n) is 1.90. The third-order valence-corrected chi connectivity index (χ3v) is 1.90. The Hall–Kier alpha value is -1.22. The summed E-state index contributed by atoms with van der Waals surface area (Å²) in [6, 6.07) is 7.61. The van der Waals surface area contributed by atoms with Crippen LogP contribution >= 0.6 is 0 Å². The van der Waals surface area contributed by atoms with Crippen molar-refractivity contribution in [1.29, 1.82) is 0 Å². The molecule has 3 nitrogen and oxygen atoms in total. The van der Waals surface area contributed by atoms with Gasteiger partial charge in [0.25, 0.3) is 0 Å². The van der Waals surface area contributed by atoms with Crippen LogP contribution in [0.4, 0.5) is 11.4 Å². The van der Waals surface area contributed by atoms with Gasteiger partial charge in [-0.2, -0.15) is 0 Å². The van der Waals surface area contributed by atoms with Gasteiger partial charge in [-0.15, -0.1) is 0 Å². The molecule has 0 bridgehead atoms. The molecule has 58 valence electrons. The minimum absolute atomic E-state index is 0.444. The van der Waals surface area contributed by atoms with Gasteiger partial charge in [0, 0.05) is 7.05 Å². The van der Waals surface area contributed by atoms with Crippen LogP contribution in [0.5, 0.6) is 0 Å². The highest BCUT2D eigenvalue weighted by atomic mass is 16.5. The van der Waals surface area contributed by atoms with Crippen molar-refractivity contribution in [3.63, 3.8) is 0 Å². The number of nitrogens with zero attached hydrogens (tertiary/aromatic N) is 2. The van der Waals surface area contributed by atoms with Crippen molar-refractivity contribution in [2.75, 3.05) is 23.7 Å². The van der Waals surface area contributed by atoms with E-state index in [0.29, 0.717) is 6.67 Å². The number of para-hydroxylation sites is 2. The highest BCUT2D eigenvalue weighted by Crippen LogP contribution is 2.33. The van der Waals surface area contributed by atoms with Gasteiger partial charge in [0.2, 0.25) is 0 Å². The molecule has 1 aliphatic heterocycles. The summed E-state index contributed by atoms with van der Waals surface area (Å²) >= 11 is 0. The number of hydroxylamine groups is 1. The van der Waals surface area contributed by atoms with Gasteiger partial charge in [-0.3, -0.25) is 0 Å². The summed E-state index contributed by atoms with van der Waals surface area (Å²) < 4.78 is 0. The Morgan fingerprint density at radius 2 is 1.91 bits per heavy atom. The lowest BCUT2D eigenvalue weighted by molar-refractivity contribution is 0.948. The van der Waals surface area contributed by atoms with Crippen molar-refractivity contribution in [1.82, 2.24) is 0 Å². The summed E-state index contributed by atoms with van der Waals surface area (Å²) in [7, 11) is 1.91. The van der Waals surface area contributed by atoms with E-state index in [1.54, 1.807) is 0 Å². The lowest BCUT2D eigenvalue weighted by atomic mass is 10.3. The van der Waals surface area contributed by atoms with Gasteiger partial charge < -0.3 is 15.2 Å². The average Bonchev–Trinajstić information content (AvgIpc) is 2.30. The minimum atomic E-state index is 0.444. The first-order valence-electron chi connectivity index (χ1n) is 3.54. The van der Waals surface area contributed by atoms with E-state index in [-0.39, 0.29) is 0 Å². The first-order chi connectivity index (χ1) is 5.29. The predicted octanol–water partition coefficient (Wildman–Crippen LogP) is 1.40. The molecule has 0 aliphatic carbocycles. The SMILES string of the molecule is CN1CN([O-])c2ccccc21. The van der Waals surface area contributed by atoms with E-state index < -0.39 is 0 Å². The van der Waals surface area contributed by atoms with Gasteiger partial charge in [-0.05, 0) is 12.1 Å². The fourth-order valence-electron chi connectivity index (χ4n) is 1.34. The maximum atomic E-state index is 11.2. The van der Waals surface area contributed by atoms with Crippen LogP contribution in [0.25, 0.3) is 0 Å². The number of hydrogen-bond acceptors (Lipinski definition) is 3. The van der Waals surface area contributed by atoms with E-state index in [4.69, 9.17) is 0 Å². The maximum absolute atomic E-state index is 11.2. The molecule has 3 heteroatoms. The molecule has 0 amide bonds. The Kier molecular flexibility index (Phi) is 1.26. The number of hydrogen-bond donors (Lipinski definition) is 0. The van der Waals surface area contributed by atoms with Crippen LogP contribution in [-0.4, -0.2) is 13.7 Å². The summed E-state index contributed by atoms with van der Waals surface area (Å²) in [4.78, 5) is 1.93. The monoisotopic (exact) mass is 149 g/mol. The van der Waals surface area contributed by atoms with Crippen LogP contribution in [0.1, 0.15) is 0 Å². The fraction of sp³-hybridized carbons (Fsp3) is 0.250. The molecule has 1 aromatic carbocycles. The van der Waals surface area contributed by atoms with E-state index >= 15 is 0 Å². The normalized spacial score (nSPS) is 15.5. The Labute approximate surface area is 65.4 Å². The average molecular weight is 149 g/mol. The van der Waals surface area contributed by atoms with Gasteiger partial charge in [-0.25, -0.2) is 0 Å². The quantitative estimate of drug-likeness (QED) is 0.558. The summed E-state index contributed by atoms with van der Waals surface area (Å²) in [6.45, 7) is 0.444. The minimum Gasteiger partial charge on any atom is -0.757 e. The Morgan fingerprint density at radius 3 is 2.55 bits per heavy atom. The second-order valence-electron chi connectivity index (χ2n) is 2.71. The molecule has 1 aliphatic rings. The molecule has 1 aromatic rings. The van der Waals surface area contributed by atoms with E-state index in [2.05, 4.69) is 0 Å². The molecular formula is C8H9N2O-. The van der Waals surface area contributed by atoms with Gasteiger partial charge in [-0.1, -0.05) is 12.1 Å². The van der Waals surface area contributed by atoms with E-state index in [1.807, 2.05) is 36.2 Å². The highest BCUT2D eigenvalue weighted by Gasteiger charge is 2.14. The molecule has 2 rings (SSSR count). The van der Waals surface area contributed by atoms with Gasteiger partial charge in [0.15, 0.2) is 0 Å². The summed E-state index contributed by atoms with van der Waals surface area (Å²) in [6.07, 6.45) is 0. The summed E-state index contributed by atoms with van der Waals surface area (Å²) in [5.41, 5.74) is 1.79. The van der Waals surface area contributed by atoms with Crippen LogP contribution in [0.2, 0.25) is 0 Å². The Bertz CT molecular complexity index is 248. The molecule has 0 saturated carbocycles. The van der Waals surface area contributed by atoms with Crippen molar-refractivity contribution in [3.8, 4) is 0 Å². The lowest BCUT2D eigenvalue weighted by Crippen LogP contribution is -2.22. The second-order valence-corrected chi connectivity index (χ2v) is 2.71. The highest BCUT2D eigenvalue weighted by molar-refractivity contribution is 5.76. The van der Waals surface area contributed by atoms with Crippen LogP contribution in [-0.2, 0) is 0 Å². The van der Waals surface area contributed by atoms with Crippen molar-refractivity contribution >= 4 is 11.4 Å². The summed E-state index contributed by atoms with van der Waals surface area (Å²) in [5.74, 6) is 0. The largest absolute Gasteiger partial charge is 0.757 e. The van der Waals surface area contributed by atoms with E-state index in [9.17, 15) is 5.21 Å². The Balaban J connectivity index is 2.52. The van der Waals surface area contributed by atoms with E-state index in [0.717, 1.165) is 16.4 Å². The zero-order valence-electron chi connectivity index (χ0n) is 6.32. The van der Waals surface area contributed by atoms with E-state index in [1.165, 1.54) is 0 Å². The van der Waals surface area contributed by atoms with Crippen LogP contribution < -0.4 is 9.96 Å². The molecule has 1 heterocycles. The van der Waals surface area contributed by atoms with Gasteiger partial charge in [0.05, 0.1) is 18.0 Å². The van der Waals surface area contributed by atoms with Crippen molar-refractivity contribution in [3.05, 3.63) is 29.5 Å². The molecule has 0 atom stereocenters. The first-order valence-corrected chi connectivity index (χ1v) is 3.54. The number of benzene rings is 1. The number of anilines is 2. The first kappa shape index (κ1) is 6.49. The number of fused-ring (bicyclic) bond motifs is 1. The molecular weight excluding hydrogens is 140 g/mol. The molecule has 0 N–H and O–H groups in total. The predicted molar refractivity (Wildman–Crippen MR) is 45.6 cm³/mol. The smallest absolute Gasteiger partial charge is 0.0798 e. The molecule has 0 aromatic heterocycles. The second kappa shape index (κ2) is 2.13. The van der Waals surface area contributed by atoms with Crippen LogP contribution in [0, 0.1) is 5.21 Å². The molecule has 0 radical (unpaired) electrons. The molecule has 0 saturated heterocycles. The van der Waals surface area contributed by atoms with Gasteiger partial charge >= 0.3 is 0 Å². The number of rotatable bonds is 0. The zero-order valence-corrected chi connectivity index (χ0v) is 6.32. The maximum Gasteiger partial charge on any atom is 0.0798 e. The molecule has 0 fully saturated rings. The van der Waals surface area contributed by atoms with Crippen LogP contribution in [0.15, 0.2) is 24.3 Å². The molecule has 0 spiro atoms. The lowest BCUT2D eigenvalue weighted by Gasteiger charge is -2.24. The zero-order chi connectivity index (χ0) is 7.84. The van der Waals surface area contributed by atoms with Gasteiger partial charge in [0.1, 0.15) is 0 Å². The molecule has 11 heavy (non-hydrogen) atoms. The van der Waals surface area contributed by atoms with Crippen LogP contribution in [0.3, 0.4) is 0 Å². The molecule has 0 unspecified atom stereocenters. The standard InChI is InChI=1S/C8H9N2O/c1-9-6-10(11)8-5-3-2-4-7(8)9/h2-5H,6H2,1H3/q-1. The summed E-state index contributed by atoms with van der Waals surface area (Å²) in [5, 5.41) is 12.1.